The molecule has 0 amide bonds. The highest BCUT2D eigenvalue weighted by atomic mass is 32.1. The number of rotatable bonds is 5. The second kappa shape index (κ2) is 11.7. The number of hydrogen-bond acceptors (Lipinski definition) is 2. The summed E-state index contributed by atoms with van der Waals surface area (Å²) in [5.41, 5.74) is 8.39. The number of hydrogen-bond donors (Lipinski definition) is 0. The predicted octanol–water partition coefficient (Wildman–Crippen LogP) is 14.3. The molecule has 10 rings (SSSR count). The molecule has 234 valence electrons. The van der Waals surface area contributed by atoms with Gasteiger partial charge in [0.2, 0.25) is 0 Å². The van der Waals surface area contributed by atoms with E-state index in [1.54, 1.807) is 0 Å². The van der Waals surface area contributed by atoms with Crippen molar-refractivity contribution in [2.45, 2.75) is 0 Å². The summed E-state index contributed by atoms with van der Waals surface area (Å²) in [4.78, 5) is 2.47. The average molecular weight is 654 g/mol. The molecule has 0 aliphatic rings. The topological polar surface area (TPSA) is 3.24 Å². The number of nitrogens with zero attached hydrogens (tertiary/aromatic N) is 1. The van der Waals surface area contributed by atoms with Gasteiger partial charge < -0.3 is 4.90 Å². The van der Waals surface area contributed by atoms with Crippen LogP contribution in [0.2, 0.25) is 0 Å². The maximum Gasteiger partial charge on any atom is 0.0640 e. The molecule has 0 atom stereocenters. The normalized spacial score (nSPS) is 11.6. The fourth-order valence-electron chi connectivity index (χ4n) is 7.66. The lowest BCUT2D eigenvalue weighted by Crippen LogP contribution is -2.10. The van der Waals surface area contributed by atoms with Crippen molar-refractivity contribution in [2.75, 3.05) is 4.90 Å². The smallest absolute Gasteiger partial charge is 0.0640 e. The van der Waals surface area contributed by atoms with Crippen LogP contribution in [0.25, 0.3) is 74.7 Å². The molecule has 0 saturated carbocycles. The first kappa shape index (κ1) is 28.8. The number of benzene rings is 9. The summed E-state index contributed by atoms with van der Waals surface area (Å²) >= 11 is 1.87. The van der Waals surface area contributed by atoms with Gasteiger partial charge in [-0.25, -0.2) is 0 Å². The summed E-state index contributed by atoms with van der Waals surface area (Å²) in [5.74, 6) is 0. The van der Waals surface area contributed by atoms with Crippen molar-refractivity contribution in [1.82, 2.24) is 0 Å². The van der Waals surface area contributed by atoms with Crippen molar-refractivity contribution >= 4 is 80.9 Å². The van der Waals surface area contributed by atoms with E-state index < -0.39 is 0 Å². The van der Waals surface area contributed by atoms with Gasteiger partial charge in [0, 0.05) is 26.5 Å². The molecule has 0 unspecified atom stereocenters. The van der Waals surface area contributed by atoms with Crippen LogP contribution in [-0.2, 0) is 0 Å². The third-order valence-electron chi connectivity index (χ3n) is 10.1. The minimum Gasteiger partial charge on any atom is -0.308 e. The van der Waals surface area contributed by atoms with Crippen molar-refractivity contribution in [3.05, 3.63) is 188 Å². The first-order valence-electron chi connectivity index (χ1n) is 17.1. The summed E-state index contributed by atoms with van der Waals surface area (Å²) in [5, 5.41) is 10.1. The third-order valence-corrected chi connectivity index (χ3v) is 11.3. The van der Waals surface area contributed by atoms with Gasteiger partial charge >= 0.3 is 0 Å². The Labute approximate surface area is 294 Å². The second-order valence-corrected chi connectivity index (χ2v) is 14.0. The van der Waals surface area contributed by atoms with Gasteiger partial charge in [0.1, 0.15) is 0 Å². The van der Waals surface area contributed by atoms with Crippen molar-refractivity contribution in [2.24, 2.45) is 0 Å². The molecule has 0 spiro atoms. The third kappa shape index (κ3) is 4.69. The van der Waals surface area contributed by atoms with Crippen molar-refractivity contribution < 1.29 is 0 Å². The molecule has 0 radical (unpaired) electrons. The summed E-state index contributed by atoms with van der Waals surface area (Å²) in [7, 11) is 0. The van der Waals surface area contributed by atoms with Crippen molar-refractivity contribution in [3.63, 3.8) is 0 Å². The first-order valence-corrected chi connectivity index (χ1v) is 17.9. The molecule has 2 heteroatoms. The number of anilines is 3. The molecule has 0 bridgehead atoms. The van der Waals surface area contributed by atoms with Crippen LogP contribution >= 0.6 is 11.3 Å². The maximum atomic E-state index is 2.47. The molecule has 0 saturated heterocycles. The minimum atomic E-state index is 1.13. The fraction of sp³-hybridized carbons (Fsp3) is 0. The molecule has 0 aliphatic heterocycles. The lowest BCUT2D eigenvalue weighted by molar-refractivity contribution is 1.32. The second-order valence-electron chi connectivity index (χ2n) is 12.9. The van der Waals surface area contributed by atoms with Crippen LogP contribution in [-0.4, -0.2) is 0 Å². The van der Waals surface area contributed by atoms with E-state index in [1.807, 2.05) is 11.3 Å². The van der Waals surface area contributed by atoms with Gasteiger partial charge in [-0.05, 0) is 79.5 Å². The van der Waals surface area contributed by atoms with Gasteiger partial charge in [-0.1, -0.05) is 158 Å². The van der Waals surface area contributed by atoms with Crippen LogP contribution in [0.1, 0.15) is 0 Å². The van der Waals surface area contributed by atoms with Crippen LogP contribution in [0.5, 0.6) is 0 Å². The molecule has 1 nitrogen and oxygen atoms in total. The number of thiophene rings is 1. The van der Waals surface area contributed by atoms with Crippen molar-refractivity contribution in [1.29, 1.82) is 0 Å². The Morgan fingerprint density at radius 1 is 0.340 bits per heavy atom. The van der Waals surface area contributed by atoms with E-state index in [1.165, 1.54) is 86.1 Å². The summed E-state index contributed by atoms with van der Waals surface area (Å²) < 4.78 is 2.60. The summed E-state index contributed by atoms with van der Waals surface area (Å²) in [6, 6.07) is 68.7. The molecule has 9 aromatic carbocycles. The molecule has 10 aromatic rings. The van der Waals surface area contributed by atoms with Crippen LogP contribution in [0.4, 0.5) is 17.1 Å². The van der Waals surface area contributed by atoms with E-state index in [4.69, 9.17) is 0 Å². The first-order chi connectivity index (χ1) is 24.8. The standard InChI is InChI=1S/C48H31NS/c1-3-14-38-34(11-1)13-9-19-39(38)35-25-23-32(24-26-35)33-27-29-37(30-28-33)49(45-21-10-20-44-43-18-7-8-22-47(43)50-48(44)45)46-31-36-12-2-4-15-40(36)41-16-5-6-17-42(41)46/h1-31H. The lowest BCUT2D eigenvalue weighted by atomic mass is 9.96. The summed E-state index contributed by atoms with van der Waals surface area (Å²) in [6.07, 6.45) is 0. The zero-order valence-corrected chi connectivity index (χ0v) is 28.1. The van der Waals surface area contributed by atoms with Gasteiger partial charge in [-0.2, -0.15) is 0 Å². The highest BCUT2D eigenvalue weighted by molar-refractivity contribution is 7.26. The largest absolute Gasteiger partial charge is 0.308 e. The quantitative estimate of drug-likeness (QED) is 0.167. The Bertz CT molecular complexity index is 2860. The van der Waals surface area contributed by atoms with Gasteiger partial charge in [-0.3, -0.25) is 0 Å². The van der Waals surface area contributed by atoms with E-state index in [-0.39, 0.29) is 0 Å². The molecule has 50 heavy (non-hydrogen) atoms. The maximum absolute atomic E-state index is 2.47. The van der Waals surface area contributed by atoms with Gasteiger partial charge in [-0.15, -0.1) is 11.3 Å². The minimum absolute atomic E-state index is 1.13. The molecule has 1 aromatic heterocycles. The monoisotopic (exact) mass is 653 g/mol. The van der Waals surface area contributed by atoms with Crippen LogP contribution in [0.15, 0.2) is 188 Å². The highest BCUT2D eigenvalue weighted by Crippen LogP contribution is 2.47. The van der Waals surface area contributed by atoms with E-state index in [0.717, 1.165) is 5.69 Å². The molecule has 0 aliphatic carbocycles. The summed E-state index contributed by atoms with van der Waals surface area (Å²) in [6.45, 7) is 0. The fourth-order valence-corrected chi connectivity index (χ4v) is 8.86. The van der Waals surface area contributed by atoms with Gasteiger partial charge in [0.15, 0.2) is 0 Å². The van der Waals surface area contributed by atoms with Crippen LogP contribution in [0.3, 0.4) is 0 Å². The Kier molecular flexibility index (Phi) is 6.75. The Hall–Kier alpha value is -6.22. The predicted molar refractivity (Wildman–Crippen MR) is 217 cm³/mol. The molecule has 0 N–H and O–H groups in total. The van der Waals surface area contributed by atoms with E-state index in [9.17, 15) is 0 Å². The van der Waals surface area contributed by atoms with Crippen LogP contribution in [0, 0.1) is 0 Å². The van der Waals surface area contributed by atoms with Crippen molar-refractivity contribution in [3.8, 4) is 22.3 Å². The molecule has 0 fully saturated rings. The Balaban J connectivity index is 1.13. The zero-order chi connectivity index (χ0) is 33.0. The van der Waals surface area contributed by atoms with Gasteiger partial charge in [0.05, 0.1) is 16.1 Å². The lowest BCUT2D eigenvalue weighted by Gasteiger charge is -2.28. The highest BCUT2D eigenvalue weighted by Gasteiger charge is 2.21. The average Bonchev–Trinajstić information content (AvgIpc) is 3.58. The SMILES string of the molecule is c1ccc2c(-c3ccc(-c4ccc(N(c5cc6ccccc6c6ccccc56)c5cccc6c5sc5ccccc56)cc4)cc3)cccc2c1. The van der Waals surface area contributed by atoms with E-state index >= 15 is 0 Å². The molecular weight excluding hydrogens is 623 g/mol. The zero-order valence-electron chi connectivity index (χ0n) is 27.3. The van der Waals surface area contributed by atoms with Crippen LogP contribution < -0.4 is 4.90 Å². The molecular formula is C48H31NS. The Morgan fingerprint density at radius 2 is 0.900 bits per heavy atom. The van der Waals surface area contributed by atoms with E-state index in [0.29, 0.717) is 0 Å². The molecule has 1 heterocycles. The Morgan fingerprint density at radius 3 is 1.70 bits per heavy atom. The number of fused-ring (bicyclic) bond motifs is 7. The van der Waals surface area contributed by atoms with Gasteiger partial charge in [0.25, 0.3) is 0 Å². The van der Waals surface area contributed by atoms with E-state index in [2.05, 4.69) is 193 Å².